The number of carboxylic acid groups (broad SMARTS) is 1. The van der Waals surface area contributed by atoms with Crippen molar-refractivity contribution < 1.29 is 19.5 Å². The topological polar surface area (TPSA) is 115 Å². The average molecular weight is 579 g/mol. The van der Waals surface area contributed by atoms with Crippen molar-refractivity contribution in [1.29, 1.82) is 0 Å². The summed E-state index contributed by atoms with van der Waals surface area (Å²) < 4.78 is 2.20. The number of Topliss-reactive ketones (excluding diaryl/α,β-unsaturated/α-hetero) is 2. The van der Waals surface area contributed by atoms with Gasteiger partial charge in [0.15, 0.2) is 0 Å². The number of carbonyl (C=O) groups is 3. The molecule has 0 saturated heterocycles. The van der Waals surface area contributed by atoms with E-state index in [2.05, 4.69) is 16.6 Å². The molecule has 2 heterocycles. The lowest BCUT2D eigenvalue weighted by molar-refractivity contribution is -0.122. The number of fused-ring (bicyclic) bond motifs is 1. The van der Waals surface area contributed by atoms with Gasteiger partial charge in [-0.25, -0.2) is 9.78 Å². The molecule has 8 heteroatoms. The first-order valence-electron chi connectivity index (χ1n) is 15.7. The number of carboxylic acids is 1. The van der Waals surface area contributed by atoms with Crippen LogP contribution in [0, 0.1) is 0 Å². The zero-order valence-corrected chi connectivity index (χ0v) is 24.7. The van der Waals surface area contributed by atoms with Crippen molar-refractivity contribution in [1.82, 2.24) is 19.7 Å². The smallest absolute Gasteiger partial charge is 0.336 e. The summed E-state index contributed by atoms with van der Waals surface area (Å²) in [6.07, 6.45) is 9.10. The van der Waals surface area contributed by atoms with E-state index in [4.69, 9.17) is 10.1 Å². The van der Waals surface area contributed by atoms with Gasteiger partial charge in [0.2, 0.25) is 0 Å². The van der Waals surface area contributed by atoms with Crippen LogP contribution in [0.25, 0.3) is 22.2 Å². The van der Waals surface area contributed by atoms with Crippen LogP contribution < -0.4 is 0 Å². The molecule has 2 unspecified atom stereocenters. The number of nitrogens with zero attached hydrogens (tertiary/aromatic N) is 4. The van der Waals surface area contributed by atoms with Crippen molar-refractivity contribution >= 4 is 28.6 Å². The highest BCUT2D eigenvalue weighted by molar-refractivity contribution is 5.96. The standard InChI is InChI=1S/C35H38N4O4/c1-2-3-16-30-36-33-31(26-12-6-8-14-28(26)40)37-38-32(27-13-7-9-15-29(27)41)34(33)39(30)21-22-17-19-23(20-18-22)24-10-4-5-11-25(24)35(42)43/h4-5,10-11,17-20,26-27H,2-3,6-9,12-16,21H2,1H3,(H,42,43). The fraction of sp³-hybridized carbons (Fsp3) is 0.429. The van der Waals surface area contributed by atoms with Gasteiger partial charge in [-0.2, -0.15) is 10.2 Å². The quantitative estimate of drug-likeness (QED) is 0.227. The largest absolute Gasteiger partial charge is 0.478 e. The fourth-order valence-corrected chi connectivity index (χ4v) is 6.74. The molecule has 0 aliphatic heterocycles. The minimum Gasteiger partial charge on any atom is -0.478 e. The molecule has 6 rings (SSSR count). The number of unbranched alkanes of at least 4 members (excludes halogenated alkanes) is 1. The first kappa shape index (κ1) is 28.9. The maximum Gasteiger partial charge on any atom is 0.336 e. The summed E-state index contributed by atoms with van der Waals surface area (Å²) in [4.78, 5) is 43.2. The summed E-state index contributed by atoms with van der Waals surface area (Å²) in [6, 6.07) is 15.0. The monoisotopic (exact) mass is 578 g/mol. The van der Waals surface area contributed by atoms with Crippen LogP contribution in [0.5, 0.6) is 0 Å². The number of hydrogen-bond acceptors (Lipinski definition) is 6. The average Bonchev–Trinajstić information content (AvgIpc) is 3.38. The van der Waals surface area contributed by atoms with Crippen molar-refractivity contribution in [3.63, 3.8) is 0 Å². The van der Waals surface area contributed by atoms with E-state index >= 15 is 0 Å². The molecule has 2 aliphatic carbocycles. The Labute approximate surface area is 251 Å². The molecule has 222 valence electrons. The highest BCUT2D eigenvalue weighted by Gasteiger charge is 2.34. The molecule has 4 aromatic rings. The summed E-state index contributed by atoms with van der Waals surface area (Å²) in [5.41, 5.74) is 5.72. The van der Waals surface area contributed by atoms with E-state index in [-0.39, 0.29) is 29.0 Å². The van der Waals surface area contributed by atoms with Gasteiger partial charge < -0.3 is 9.67 Å². The third kappa shape index (κ3) is 5.75. The molecular formula is C35H38N4O4. The lowest BCUT2D eigenvalue weighted by Crippen LogP contribution is -2.23. The van der Waals surface area contributed by atoms with Crippen molar-refractivity contribution in [2.75, 3.05) is 0 Å². The molecule has 2 aromatic carbocycles. The number of aromatic carboxylic acids is 1. The van der Waals surface area contributed by atoms with E-state index in [0.29, 0.717) is 36.3 Å². The normalized spacial score (nSPS) is 19.2. The van der Waals surface area contributed by atoms with Gasteiger partial charge in [-0.1, -0.05) is 68.7 Å². The van der Waals surface area contributed by atoms with Crippen LogP contribution in [-0.2, 0) is 22.6 Å². The van der Waals surface area contributed by atoms with Gasteiger partial charge in [0, 0.05) is 25.8 Å². The molecule has 2 fully saturated rings. The predicted molar refractivity (Wildman–Crippen MR) is 164 cm³/mol. The number of carbonyl (C=O) groups excluding carboxylic acids is 2. The molecule has 2 aliphatic rings. The summed E-state index contributed by atoms with van der Waals surface area (Å²) >= 11 is 0. The van der Waals surface area contributed by atoms with Gasteiger partial charge in [0.05, 0.1) is 28.6 Å². The molecule has 0 amide bonds. The highest BCUT2D eigenvalue weighted by Crippen LogP contribution is 2.38. The number of ketones is 2. The molecule has 2 atom stereocenters. The molecule has 2 saturated carbocycles. The Morgan fingerprint density at radius 2 is 1.53 bits per heavy atom. The number of rotatable bonds is 9. The van der Waals surface area contributed by atoms with Crippen LogP contribution in [-0.4, -0.2) is 42.4 Å². The van der Waals surface area contributed by atoms with Crippen LogP contribution in [0.3, 0.4) is 0 Å². The second-order valence-corrected chi connectivity index (χ2v) is 12.0. The Kier molecular flexibility index (Phi) is 8.45. The Morgan fingerprint density at radius 1 is 0.884 bits per heavy atom. The summed E-state index contributed by atoms with van der Waals surface area (Å²) in [7, 11) is 0. The minimum absolute atomic E-state index is 0.199. The zero-order valence-electron chi connectivity index (χ0n) is 24.7. The lowest BCUT2D eigenvalue weighted by Gasteiger charge is -2.23. The Hall–Kier alpha value is -4.20. The van der Waals surface area contributed by atoms with Crippen molar-refractivity contribution in [3.8, 4) is 11.1 Å². The summed E-state index contributed by atoms with van der Waals surface area (Å²) in [5.74, 6) is -0.262. The zero-order chi connectivity index (χ0) is 29.9. The number of aryl methyl sites for hydroxylation is 1. The Morgan fingerprint density at radius 3 is 2.19 bits per heavy atom. The van der Waals surface area contributed by atoms with Crippen LogP contribution in [0.15, 0.2) is 48.5 Å². The molecule has 0 radical (unpaired) electrons. The molecule has 1 N–H and O–H groups in total. The maximum absolute atomic E-state index is 13.2. The van der Waals surface area contributed by atoms with E-state index < -0.39 is 5.97 Å². The second-order valence-electron chi connectivity index (χ2n) is 12.0. The molecule has 8 nitrogen and oxygen atoms in total. The van der Waals surface area contributed by atoms with E-state index in [0.717, 1.165) is 85.8 Å². The van der Waals surface area contributed by atoms with Crippen molar-refractivity contribution in [3.05, 3.63) is 76.9 Å². The molecule has 2 aromatic heterocycles. The maximum atomic E-state index is 13.2. The SMILES string of the molecule is CCCCc1nc2c(C3CCCCC3=O)nnc(C3CCCCC3=O)c2n1Cc1ccc(-c2ccccc2C(=O)O)cc1. The highest BCUT2D eigenvalue weighted by atomic mass is 16.4. The number of benzene rings is 2. The van der Waals surface area contributed by atoms with Crippen LogP contribution >= 0.6 is 0 Å². The van der Waals surface area contributed by atoms with Crippen LogP contribution in [0.4, 0.5) is 0 Å². The molecule has 0 bridgehead atoms. The minimum atomic E-state index is -0.955. The number of imidazole rings is 1. The first-order chi connectivity index (χ1) is 21.0. The third-order valence-electron chi connectivity index (χ3n) is 9.08. The summed E-state index contributed by atoms with van der Waals surface area (Å²) in [5, 5.41) is 19.1. The fourth-order valence-electron chi connectivity index (χ4n) is 6.74. The van der Waals surface area contributed by atoms with E-state index in [9.17, 15) is 19.5 Å². The Balaban J connectivity index is 1.47. The summed E-state index contributed by atoms with van der Waals surface area (Å²) in [6.45, 7) is 2.68. The molecular weight excluding hydrogens is 540 g/mol. The van der Waals surface area contributed by atoms with E-state index in [1.54, 1.807) is 12.1 Å². The molecule has 0 spiro atoms. The number of hydrogen-bond donors (Lipinski definition) is 1. The van der Waals surface area contributed by atoms with Gasteiger partial charge in [-0.15, -0.1) is 0 Å². The van der Waals surface area contributed by atoms with Gasteiger partial charge in [-0.3, -0.25) is 9.59 Å². The number of aromatic nitrogens is 4. The van der Waals surface area contributed by atoms with E-state index in [1.165, 1.54) is 0 Å². The van der Waals surface area contributed by atoms with Crippen molar-refractivity contribution in [2.45, 2.75) is 95.9 Å². The predicted octanol–water partition coefficient (Wildman–Crippen LogP) is 7.04. The first-order valence-corrected chi connectivity index (χ1v) is 15.7. The van der Waals surface area contributed by atoms with Gasteiger partial charge in [-0.05, 0) is 54.9 Å². The van der Waals surface area contributed by atoms with Gasteiger partial charge in [0.1, 0.15) is 28.6 Å². The van der Waals surface area contributed by atoms with Crippen molar-refractivity contribution in [2.24, 2.45) is 0 Å². The van der Waals surface area contributed by atoms with Crippen LogP contribution in [0.2, 0.25) is 0 Å². The van der Waals surface area contributed by atoms with Gasteiger partial charge in [0.25, 0.3) is 0 Å². The van der Waals surface area contributed by atoms with Crippen LogP contribution in [0.1, 0.15) is 116 Å². The van der Waals surface area contributed by atoms with Gasteiger partial charge >= 0.3 is 5.97 Å². The van der Waals surface area contributed by atoms with E-state index in [1.807, 2.05) is 36.4 Å². The lowest BCUT2D eigenvalue weighted by atomic mass is 9.83. The second kappa shape index (κ2) is 12.6. The molecule has 43 heavy (non-hydrogen) atoms. The Bertz CT molecular complexity index is 1670. The third-order valence-corrected chi connectivity index (χ3v) is 9.08.